The van der Waals surface area contributed by atoms with Crippen LogP contribution < -0.4 is 0 Å². The minimum absolute atomic E-state index is 0.143. The standard InChI is InChI=1S/C6H8N2O4S/c1-11-12-13-6-7-2-3-8(6)4-5(9)10/h2-3H,4H2,1H3,(H,9,10). The summed E-state index contributed by atoms with van der Waals surface area (Å²) in [6.07, 6.45) is 3.04. The van der Waals surface area contributed by atoms with Gasteiger partial charge in [0, 0.05) is 12.4 Å². The third kappa shape index (κ3) is 3.05. The van der Waals surface area contributed by atoms with Crippen molar-refractivity contribution in [1.82, 2.24) is 9.55 Å². The van der Waals surface area contributed by atoms with E-state index < -0.39 is 5.97 Å². The number of carboxylic acids is 1. The van der Waals surface area contributed by atoms with Gasteiger partial charge in [-0.15, -0.1) is 0 Å². The summed E-state index contributed by atoms with van der Waals surface area (Å²) >= 11 is 0.862. The molecular formula is C6H8N2O4S. The first-order chi connectivity index (χ1) is 6.24. The molecule has 7 heteroatoms. The van der Waals surface area contributed by atoms with Gasteiger partial charge in [0.1, 0.15) is 18.6 Å². The summed E-state index contributed by atoms with van der Waals surface area (Å²) in [6.45, 7) is -0.143. The van der Waals surface area contributed by atoms with E-state index in [-0.39, 0.29) is 6.54 Å². The summed E-state index contributed by atoms with van der Waals surface area (Å²) in [5.74, 6) is -0.933. The molecule has 1 rings (SSSR count). The van der Waals surface area contributed by atoms with Gasteiger partial charge in [-0.2, -0.15) is 4.33 Å². The fraction of sp³-hybridized carbons (Fsp3) is 0.333. The first-order valence-electron chi connectivity index (χ1n) is 3.34. The average Bonchev–Trinajstić information content (AvgIpc) is 2.48. The number of aromatic nitrogens is 2. The number of carboxylic acid groups (broad SMARTS) is 1. The minimum Gasteiger partial charge on any atom is -0.480 e. The fourth-order valence-corrected chi connectivity index (χ4v) is 1.17. The molecule has 72 valence electrons. The Balaban J connectivity index is 2.60. The molecule has 0 unspecified atom stereocenters. The van der Waals surface area contributed by atoms with Crippen molar-refractivity contribution in [2.45, 2.75) is 11.7 Å². The largest absolute Gasteiger partial charge is 0.480 e. The monoisotopic (exact) mass is 204 g/mol. The number of imidazole rings is 1. The van der Waals surface area contributed by atoms with Gasteiger partial charge in [0.2, 0.25) is 0 Å². The van der Waals surface area contributed by atoms with Crippen LogP contribution in [0.4, 0.5) is 0 Å². The summed E-state index contributed by atoms with van der Waals surface area (Å²) in [5, 5.41) is 8.94. The van der Waals surface area contributed by atoms with Gasteiger partial charge < -0.3 is 9.67 Å². The normalized spacial score (nSPS) is 10.2. The number of hydrogen-bond donors (Lipinski definition) is 1. The lowest BCUT2D eigenvalue weighted by Crippen LogP contribution is -2.08. The van der Waals surface area contributed by atoms with Gasteiger partial charge in [-0.05, 0) is 0 Å². The highest BCUT2D eigenvalue weighted by Gasteiger charge is 2.07. The van der Waals surface area contributed by atoms with Crippen molar-refractivity contribution in [2.75, 3.05) is 7.11 Å². The van der Waals surface area contributed by atoms with E-state index in [1.165, 1.54) is 17.9 Å². The van der Waals surface area contributed by atoms with Crippen LogP contribution in [0.2, 0.25) is 0 Å². The molecule has 13 heavy (non-hydrogen) atoms. The van der Waals surface area contributed by atoms with Crippen LogP contribution in [0.1, 0.15) is 0 Å². The van der Waals surface area contributed by atoms with Crippen molar-refractivity contribution >= 4 is 18.0 Å². The zero-order valence-corrected chi connectivity index (χ0v) is 7.65. The first kappa shape index (κ1) is 10.0. The number of carbonyl (C=O) groups is 1. The lowest BCUT2D eigenvalue weighted by molar-refractivity contribution is -0.160. The second-order valence-electron chi connectivity index (χ2n) is 2.05. The maximum Gasteiger partial charge on any atom is 0.323 e. The highest BCUT2D eigenvalue weighted by Crippen LogP contribution is 2.16. The van der Waals surface area contributed by atoms with Gasteiger partial charge in [-0.1, -0.05) is 0 Å². The Labute approximate surface area is 78.6 Å². The zero-order chi connectivity index (χ0) is 9.68. The van der Waals surface area contributed by atoms with Crippen LogP contribution in [0.15, 0.2) is 17.6 Å². The van der Waals surface area contributed by atoms with E-state index in [0.29, 0.717) is 5.16 Å². The van der Waals surface area contributed by atoms with E-state index in [2.05, 4.69) is 14.2 Å². The molecule has 0 aliphatic carbocycles. The minimum atomic E-state index is -0.933. The lowest BCUT2D eigenvalue weighted by atomic mass is 10.6. The SMILES string of the molecule is COOSc1nccn1CC(=O)O. The highest BCUT2D eigenvalue weighted by atomic mass is 32.2. The molecule has 1 N–H and O–H groups in total. The van der Waals surface area contributed by atoms with Crippen LogP contribution >= 0.6 is 12.0 Å². The predicted molar refractivity (Wildman–Crippen MR) is 43.8 cm³/mol. The summed E-state index contributed by atoms with van der Waals surface area (Å²) in [4.78, 5) is 18.6. The Kier molecular flexibility index (Phi) is 3.74. The van der Waals surface area contributed by atoms with E-state index in [0.717, 1.165) is 12.0 Å². The van der Waals surface area contributed by atoms with Crippen LogP contribution in [0.25, 0.3) is 0 Å². The predicted octanol–water partition coefficient (Wildman–Crippen LogP) is 0.553. The summed E-state index contributed by atoms with van der Waals surface area (Å²) in [6, 6.07) is 0. The van der Waals surface area contributed by atoms with Crippen LogP contribution in [-0.4, -0.2) is 27.7 Å². The molecule has 0 radical (unpaired) electrons. The molecule has 0 spiro atoms. The molecule has 1 aromatic rings. The Morgan fingerprint density at radius 3 is 3.23 bits per heavy atom. The second kappa shape index (κ2) is 4.85. The third-order valence-corrected chi connectivity index (χ3v) is 1.85. The second-order valence-corrected chi connectivity index (χ2v) is 2.72. The molecule has 0 atom stereocenters. The zero-order valence-electron chi connectivity index (χ0n) is 6.84. The molecule has 0 bridgehead atoms. The van der Waals surface area contributed by atoms with Crippen molar-refractivity contribution < 1.29 is 19.1 Å². The Morgan fingerprint density at radius 2 is 2.62 bits per heavy atom. The number of aliphatic carboxylic acids is 1. The van der Waals surface area contributed by atoms with Crippen LogP contribution in [0.5, 0.6) is 0 Å². The Bertz CT molecular complexity index is 288. The van der Waals surface area contributed by atoms with E-state index in [1.807, 2.05) is 0 Å². The van der Waals surface area contributed by atoms with Crippen molar-refractivity contribution in [3.8, 4) is 0 Å². The van der Waals surface area contributed by atoms with Gasteiger partial charge in [0.25, 0.3) is 0 Å². The van der Waals surface area contributed by atoms with E-state index >= 15 is 0 Å². The summed E-state index contributed by atoms with van der Waals surface area (Å²) in [5.41, 5.74) is 0. The number of hydrogen-bond acceptors (Lipinski definition) is 5. The van der Waals surface area contributed by atoms with Crippen molar-refractivity contribution in [1.29, 1.82) is 0 Å². The topological polar surface area (TPSA) is 73.6 Å². The van der Waals surface area contributed by atoms with Crippen LogP contribution in [0.3, 0.4) is 0 Å². The van der Waals surface area contributed by atoms with Crippen LogP contribution in [-0.2, 0) is 20.6 Å². The molecule has 0 fully saturated rings. The van der Waals surface area contributed by atoms with E-state index in [9.17, 15) is 4.79 Å². The summed E-state index contributed by atoms with van der Waals surface area (Å²) < 4.78 is 5.98. The molecule has 0 aliphatic heterocycles. The van der Waals surface area contributed by atoms with Gasteiger partial charge >= 0.3 is 5.97 Å². The smallest absolute Gasteiger partial charge is 0.323 e. The van der Waals surface area contributed by atoms with Gasteiger partial charge in [-0.3, -0.25) is 4.79 Å². The Morgan fingerprint density at radius 1 is 1.85 bits per heavy atom. The van der Waals surface area contributed by atoms with Gasteiger partial charge in [-0.25, -0.2) is 9.87 Å². The van der Waals surface area contributed by atoms with E-state index in [1.54, 1.807) is 6.20 Å². The molecule has 0 saturated carbocycles. The Hall–Kier alpha value is -1.05. The molecular weight excluding hydrogens is 196 g/mol. The van der Waals surface area contributed by atoms with Crippen molar-refractivity contribution in [2.24, 2.45) is 0 Å². The quantitative estimate of drug-likeness (QED) is 0.429. The molecule has 1 aromatic heterocycles. The first-order valence-corrected chi connectivity index (χ1v) is 4.08. The molecule has 0 aliphatic rings. The number of nitrogens with zero attached hydrogens (tertiary/aromatic N) is 2. The van der Waals surface area contributed by atoms with Crippen molar-refractivity contribution in [3.05, 3.63) is 12.4 Å². The van der Waals surface area contributed by atoms with Crippen LogP contribution in [0, 0.1) is 0 Å². The van der Waals surface area contributed by atoms with Gasteiger partial charge in [0.05, 0.1) is 7.11 Å². The van der Waals surface area contributed by atoms with Crippen molar-refractivity contribution in [3.63, 3.8) is 0 Å². The van der Waals surface area contributed by atoms with E-state index in [4.69, 9.17) is 5.11 Å². The molecule has 0 aromatic carbocycles. The maximum absolute atomic E-state index is 10.4. The summed E-state index contributed by atoms with van der Waals surface area (Å²) in [7, 11) is 1.36. The molecule has 0 saturated heterocycles. The third-order valence-electron chi connectivity index (χ3n) is 1.16. The lowest BCUT2D eigenvalue weighted by Gasteiger charge is -2.01. The highest BCUT2D eigenvalue weighted by molar-refractivity contribution is 7.94. The number of rotatable bonds is 5. The molecule has 0 amide bonds. The molecule has 6 nitrogen and oxygen atoms in total. The maximum atomic E-state index is 10.4. The molecule has 1 heterocycles. The average molecular weight is 204 g/mol. The fourth-order valence-electron chi connectivity index (χ4n) is 0.715. The van der Waals surface area contributed by atoms with Gasteiger partial charge in [0.15, 0.2) is 5.16 Å².